The normalized spacial score (nSPS) is 19.8. The van der Waals surface area contributed by atoms with Gasteiger partial charge in [0, 0.05) is 0 Å². The highest BCUT2D eigenvalue weighted by Gasteiger charge is 2.57. The van der Waals surface area contributed by atoms with Crippen LogP contribution in [-0.4, -0.2) is 36.5 Å². The minimum Gasteiger partial charge on any atom is -0.297 e. The minimum atomic E-state index is -4.59. The van der Waals surface area contributed by atoms with E-state index in [0.29, 0.717) is 13.1 Å². The van der Waals surface area contributed by atoms with Crippen LogP contribution in [0.1, 0.15) is 25.3 Å². The molecular formula is C15H18F3NO. The predicted molar refractivity (Wildman–Crippen MR) is 70.5 cm³/mol. The number of alkyl halides is 3. The maximum absolute atomic E-state index is 13.5. The van der Waals surface area contributed by atoms with Crippen LogP contribution in [0.5, 0.6) is 0 Å². The lowest BCUT2D eigenvalue weighted by Gasteiger charge is -2.32. The fourth-order valence-electron chi connectivity index (χ4n) is 2.56. The van der Waals surface area contributed by atoms with Crippen LogP contribution in [0.2, 0.25) is 0 Å². The van der Waals surface area contributed by atoms with Crippen molar-refractivity contribution in [3.05, 3.63) is 35.9 Å². The van der Waals surface area contributed by atoms with E-state index in [9.17, 15) is 18.0 Å². The van der Waals surface area contributed by atoms with E-state index in [2.05, 4.69) is 0 Å². The van der Waals surface area contributed by atoms with Crippen LogP contribution < -0.4 is 0 Å². The van der Waals surface area contributed by atoms with Crippen molar-refractivity contribution in [3.8, 4) is 0 Å². The van der Waals surface area contributed by atoms with E-state index in [0.717, 1.165) is 19.8 Å². The molecule has 1 fully saturated rings. The van der Waals surface area contributed by atoms with Crippen molar-refractivity contribution < 1.29 is 18.0 Å². The molecule has 110 valence electrons. The van der Waals surface area contributed by atoms with Crippen LogP contribution in [0.25, 0.3) is 0 Å². The summed E-state index contributed by atoms with van der Waals surface area (Å²) in [6, 6.07) is 7.45. The van der Waals surface area contributed by atoms with Gasteiger partial charge < -0.3 is 0 Å². The quantitative estimate of drug-likeness (QED) is 0.847. The summed E-state index contributed by atoms with van der Waals surface area (Å²) in [6.07, 6.45) is -2.70. The summed E-state index contributed by atoms with van der Waals surface area (Å²) in [6.45, 7) is 2.26. The number of benzene rings is 1. The molecule has 1 heterocycles. The first-order valence-electron chi connectivity index (χ1n) is 6.73. The van der Waals surface area contributed by atoms with E-state index in [4.69, 9.17) is 0 Å². The first kappa shape index (κ1) is 15.0. The average molecular weight is 285 g/mol. The first-order chi connectivity index (χ1) is 9.35. The van der Waals surface area contributed by atoms with Crippen molar-refractivity contribution in [2.45, 2.75) is 31.4 Å². The van der Waals surface area contributed by atoms with Gasteiger partial charge in [0.2, 0.25) is 0 Å². The number of hydrogen-bond acceptors (Lipinski definition) is 2. The number of likely N-dealkylation sites (tertiary alicyclic amines) is 1. The zero-order valence-corrected chi connectivity index (χ0v) is 11.4. The zero-order valence-electron chi connectivity index (χ0n) is 11.4. The van der Waals surface area contributed by atoms with Gasteiger partial charge in [0.25, 0.3) is 0 Å². The number of Topliss-reactive ketones (excluding diaryl/α,β-unsaturated/α-hetero) is 1. The van der Waals surface area contributed by atoms with E-state index >= 15 is 0 Å². The molecule has 0 aliphatic carbocycles. The standard InChI is InChI=1S/C15H18F3NO/c1-14(15(16,17)18,12-7-3-2-4-8-12)13(20)11-19-9-5-6-10-19/h2-4,7-8H,5-6,9-11H2,1H3. The fourth-order valence-corrected chi connectivity index (χ4v) is 2.56. The lowest BCUT2D eigenvalue weighted by atomic mass is 9.77. The topological polar surface area (TPSA) is 20.3 Å². The largest absolute Gasteiger partial charge is 0.405 e. The molecule has 1 unspecified atom stereocenters. The molecule has 0 N–H and O–H groups in total. The molecule has 2 nitrogen and oxygen atoms in total. The summed E-state index contributed by atoms with van der Waals surface area (Å²) < 4.78 is 40.4. The molecule has 1 aliphatic rings. The number of carbonyl (C=O) groups is 1. The Bertz CT molecular complexity index is 466. The van der Waals surface area contributed by atoms with Gasteiger partial charge in [0.05, 0.1) is 6.54 Å². The zero-order chi connectivity index (χ0) is 14.8. The Balaban J connectivity index is 2.30. The van der Waals surface area contributed by atoms with Gasteiger partial charge in [-0.15, -0.1) is 0 Å². The highest BCUT2D eigenvalue weighted by Crippen LogP contribution is 2.41. The summed E-state index contributed by atoms with van der Waals surface area (Å²) >= 11 is 0. The van der Waals surface area contributed by atoms with E-state index in [-0.39, 0.29) is 12.1 Å². The average Bonchev–Trinajstić information content (AvgIpc) is 2.90. The first-order valence-corrected chi connectivity index (χ1v) is 6.73. The summed E-state index contributed by atoms with van der Waals surface area (Å²) in [7, 11) is 0. The number of carbonyl (C=O) groups excluding carboxylic acids is 1. The molecule has 20 heavy (non-hydrogen) atoms. The van der Waals surface area contributed by atoms with Crippen molar-refractivity contribution in [1.82, 2.24) is 4.90 Å². The minimum absolute atomic E-state index is 0.0108. The molecule has 1 aliphatic heterocycles. The van der Waals surface area contributed by atoms with Gasteiger partial charge >= 0.3 is 6.18 Å². The van der Waals surface area contributed by atoms with E-state index in [1.165, 1.54) is 24.3 Å². The third-order valence-corrected chi connectivity index (χ3v) is 4.04. The van der Waals surface area contributed by atoms with Gasteiger partial charge in [-0.1, -0.05) is 30.3 Å². The fraction of sp³-hybridized carbons (Fsp3) is 0.533. The Morgan fingerprint density at radius 3 is 2.20 bits per heavy atom. The molecule has 0 radical (unpaired) electrons. The van der Waals surface area contributed by atoms with Crippen molar-refractivity contribution >= 4 is 5.78 Å². The molecule has 1 atom stereocenters. The Morgan fingerprint density at radius 2 is 1.70 bits per heavy atom. The Labute approximate surface area is 116 Å². The second-order valence-electron chi connectivity index (χ2n) is 5.40. The van der Waals surface area contributed by atoms with Crippen molar-refractivity contribution in [3.63, 3.8) is 0 Å². The SMILES string of the molecule is CC(C(=O)CN1CCCC1)(c1ccccc1)C(F)(F)F. The Kier molecular flexibility index (Phi) is 4.18. The van der Waals surface area contributed by atoms with Crippen molar-refractivity contribution in [2.75, 3.05) is 19.6 Å². The number of rotatable bonds is 4. The molecule has 1 aromatic carbocycles. The van der Waals surface area contributed by atoms with Crippen molar-refractivity contribution in [1.29, 1.82) is 0 Å². The second-order valence-corrected chi connectivity index (χ2v) is 5.40. The molecule has 0 spiro atoms. The van der Waals surface area contributed by atoms with Gasteiger partial charge in [0.15, 0.2) is 5.78 Å². The number of hydrogen-bond donors (Lipinski definition) is 0. The summed E-state index contributed by atoms with van der Waals surface area (Å²) in [4.78, 5) is 14.1. The Hall–Kier alpha value is -1.36. The predicted octanol–water partition coefficient (Wildman–Crippen LogP) is 3.17. The number of nitrogens with zero attached hydrogens (tertiary/aromatic N) is 1. The van der Waals surface area contributed by atoms with Crippen LogP contribution in [0.4, 0.5) is 13.2 Å². The summed E-state index contributed by atoms with van der Waals surface area (Å²) in [5.74, 6) is -0.780. The molecule has 0 bridgehead atoms. The van der Waals surface area contributed by atoms with E-state index < -0.39 is 17.4 Å². The van der Waals surface area contributed by atoms with Gasteiger partial charge in [-0.2, -0.15) is 13.2 Å². The lowest BCUT2D eigenvalue weighted by molar-refractivity contribution is -0.190. The van der Waals surface area contributed by atoms with Gasteiger partial charge in [-0.25, -0.2) is 0 Å². The smallest absolute Gasteiger partial charge is 0.297 e. The van der Waals surface area contributed by atoms with Gasteiger partial charge in [-0.05, 0) is 38.4 Å². The summed E-state index contributed by atoms with van der Waals surface area (Å²) in [5, 5.41) is 0. The monoisotopic (exact) mass is 285 g/mol. The van der Waals surface area contributed by atoms with Crippen LogP contribution in [0.3, 0.4) is 0 Å². The highest BCUT2D eigenvalue weighted by atomic mass is 19.4. The van der Waals surface area contributed by atoms with Crippen molar-refractivity contribution in [2.24, 2.45) is 0 Å². The van der Waals surface area contributed by atoms with E-state index in [1.807, 2.05) is 0 Å². The molecule has 0 amide bonds. The molecular weight excluding hydrogens is 267 g/mol. The molecule has 1 saturated heterocycles. The van der Waals surface area contributed by atoms with Crippen LogP contribution >= 0.6 is 0 Å². The molecule has 0 saturated carbocycles. The molecule has 5 heteroatoms. The van der Waals surface area contributed by atoms with Gasteiger partial charge in [-0.3, -0.25) is 9.69 Å². The lowest BCUT2D eigenvalue weighted by Crippen LogP contribution is -2.50. The van der Waals surface area contributed by atoms with E-state index in [1.54, 1.807) is 11.0 Å². The van der Waals surface area contributed by atoms with Crippen LogP contribution in [0.15, 0.2) is 30.3 Å². The van der Waals surface area contributed by atoms with Crippen LogP contribution in [0, 0.1) is 0 Å². The molecule has 0 aromatic heterocycles. The third-order valence-electron chi connectivity index (χ3n) is 4.04. The highest BCUT2D eigenvalue weighted by molar-refractivity contribution is 5.92. The van der Waals surface area contributed by atoms with Crippen LogP contribution in [-0.2, 0) is 10.2 Å². The molecule has 2 rings (SSSR count). The Morgan fingerprint density at radius 1 is 1.15 bits per heavy atom. The van der Waals surface area contributed by atoms with Gasteiger partial charge in [0.1, 0.15) is 5.41 Å². The second kappa shape index (κ2) is 5.56. The number of ketones is 1. The maximum atomic E-state index is 13.5. The summed E-state index contributed by atoms with van der Waals surface area (Å²) in [5.41, 5.74) is -2.42. The number of halogens is 3. The third kappa shape index (κ3) is 2.73. The molecule has 1 aromatic rings. The maximum Gasteiger partial charge on any atom is 0.405 e.